The number of carbonyl (C=O) groups excluding carboxylic acids is 3. The number of amides is 3. The summed E-state index contributed by atoms with van der Waals surface area (Å²) in [5, 5.41) is 5.62. The summed E-state index contributed by atoms with van der Waals surface area (Å²) in [5.74, 6) is -0.851. The van der Waals surface area contributed by atoms with Gasteiger partial charge in [-0.15, -0.1) is 0 Å². The quantitative estimate of drug-likeness (QED) is 0.669. The maximum absolute atomic E-state index is 12.8. The standard InChI is InChI=1S/C22H20BrN3O4/c1-12-3-5-14(6-4-12)20-19-17(11-30-21(19)28)26(22(29)25-20)10-18(27)24-15-7-8-16(23)13(2)9-15/h3-9,20H,10-11H2,1-2H3,(H,24,27)(H,25,29)/t20-/m1/s1. The lowest BCUT2D eigenvalue weighted by Gasteiger charge is -2.32. The molecule has 7 nitrogen and oxygen atoms in total. The summed E-state index contributed by atoms with van der Waals surface area (Å²) in [6, 6.07) is 12.0. The second-order valence-electron chi connectivity index (χ2n) is 7.33. The minimum absolute atomic E-state index is 0.0331. The van der Waals surface area contributed by atoms with Gasteiger partial charge in [0.2, 0.25) is 5.91 Å². The fraction of sp³-hybridized carbons (Fsp3) is 0.227. The number of hydrogen-bond acceptors (Lipinski definition) is 4. The third-order valence-electron chi connectivity index (χ3n) is 5.15. The predicted octanol–water partition coefficient (Wildman–Crippen LogP) is 3.58. The molecule has 2 aliphatic rings. The Labute approximate surface area is 182 Å². The Bertz CT molecular complexity index is 1080. The topological polar surface area (TPSA) is 87.7 Å². The Hall–Kier alpha value is -3.13. The molecule has 0 saturated carbocycles. The van der Waals surface area contributed by atoms with Crippen molar-refractivity contribution in [2.75, 3.05) is 18.5 Å². The molecule has 0 unspecified atom stereocenters. The smallest absolute Gasteiger partial charge is 0.338 e. The Kier molecular flexibility index (Phi) is 5.34. The van der Waals surface area contributed by atoms with Crippen molar-refractivity contribution in [3.8, 4) is 0 Å². The summed E-state index contributed by atoms with van der Waals surface area (Å²) < 4.78 is 6.14. The van der Waals surface area contributed by atoms with Crippen molar-refractivity contribution in [1.29, 1.82) is 0 Å². The van der Waals surface area contributed by atoms with Crippen molar-refractivity contribution in [2.45, 2.75) is 19.9 Å². The van der Waals surface area contributed by atoms with Gasteiger partial charge < -0.3 is 15.4 Å². The SMILES string of the molecule is Cc1ccc([C@H]2NC(=O)N(CC(=O)Nc3ccc(Br)c(C)c3)C3=C2C(=O)OC3)cc1. The van der Waals surface area contributed by atoms with Crippen molar-refractivity contribution in [1.82, 2.24) is 10.2 Å². The number of nitrogens with zero attached hydrogens (tertiary/aromatic N) is 1. The minimum Gasteiger partial charge on any atom is -0.456 e. The number of aryl methyl sites for hydroxylation is 2. The van der Waals surface area contributed by atoms with E-state index in [-0.39, 0.29) is 19.1 Å². The first-order chi connectivity index (χ1) is 14.3. The van der Waals surface area contributed by atoms with Crippen LogP contribution in [0.25, 0.3) is 0 Å². The third-order valence-corrected chi connectivity index (χ3v) is 6.04. The number of urea groups is 1. The first kappa shape index (κ1) is 20.2. The Balaban J connectivity index is 1.58. The molecule has 2 aromatic rings. The molecule has 8 heteroatoms. The lowest BCUT2D eigenvalue weighted by atomic mass is 9.95. The van der Waals surface area contributed by atoms with Crippen LogP contribution in [0.2, 0.25) is 0 Å². The van der Waals surface area contributed by atoms with Gasteiger partial charge in [-0.1, -0.05) is 45.8 Å². The van der Waals surface area contributed by atoms with Crippen LogP contribution in [0.1, 0.15) is 22.7 Å². The number of carbonyl (C=O) groups is 3. The molecule has 2 aliphatic heterocycles. The van der Waals surface area contributed by atoms with E-state index in [4.69, 9.17) is 4.74 Å². The van der Waals surface area contributed by atoms with E-state index in [0.29, 0.717) is 17.0 Å². The van der Waals surface area contributed by atoms with Gasteiger partial charge in [-0.2, -0.15) is 0 Å². The number of esters is 1. The van der Waals surface area contributed by atoms with Crippen LogP contribution in [0.3, 0.4) is 0 Å². The highest BCUT2D eigenvalue weighted by molar-refractivity contribution is 9.10. The van der Waals surface area contributed by atoms with Crippen LogP contribution >= 0.6 is 15.9 Å². The Morgan fingerprint density at radius 3 is 2.63 bits per heavy atom. The summed E-state index contributed by atoms with van der Waals surface area (Å²) in [5.41, 5.74) is 4.26. The van der Waals surface area contributed by atoms with E-state index in [9.17, 15) is 14.4 Å². The van der Waals surface area contributed by atoms with Crippen molar-refractivity contribution < 1.29 is 19.1 Å². The van der Waals surface area contributed by atoms with Crippen LogP contribution in [-0.2, 0) is 14.3 Å². The highest BCUT2D eigenvalue weighted by Crippen LogP contribution is 2.35. The maximum atomic E-state index is 12.8. The van der Waals surface area contributed by atoms with E-state index in [1.807, 2.05) is 50.2 Å². The number of benzene rings is 2. The number of nitrogens with one attached hydrogen (secondary N) is 2. The molecule has 0 aromatic heterocycles. The summed E-state index contributed by atoms with van der Waals surface area (Å²) in [7, 11) is 0. The van der Waals surface area contributed by atoms with E-state index >= 15 is 0 Å². The molecule has 2 heterocycles. The van der Waals surface area contributed by atoms with E-state index in [1.54, 1.807) is 6.07 Å². The van der Waals surface area contributed by atoms with Crippen LogP contribution in [0.15, 0.2) is 58.2 Å². The van der Waals surface area contributed by atoms with Gasteiger partial charge in [-0.05, 0) is 43.2 Å². The molecule has 2 aromatic carbocycles. The lowest BCUT2D eigenvalue weighted by Crippen LogP contribution is -2.49. The highest BCUT2D eigenvalue weighted by atomic mass is 79.9. The van der Waals surface area contributed by atoms with Gasteiger partial charge in [-0.3, -0.25) is 9.69 Å². The number of ether oxygens (including phenoxy) is 1. The second-order valence-corrected chi connectivity index (χ2v) is 8.18. The number of rotatable bonds is 4. The zero-order valence-electron chi connectivity index (χ0n) is 16.5. The molecule has 0 radical (unpaired) electrons. The summed E-state index contributed by atoms with van der Waals surface area (Å²) >= 11 is 3.42. The van der Waals surface area contributed by atoms with E-state index in [1.165, 1.54) is 4.90 Å². The molecule has 0 bridgehead atoms. The average Bonchev–Trinajstić information content (AvgIpc) is 3.09. The number of halogens is 1. The highest BCUT2D eigenvalue weighted by Gasteiger charge is 2.42. The van der Waals surface area contributed by atoms with Crippen molar-refractivity contribution in [3.63, 3.8) is 0 Å². The first-order valence-corrected chi connectivity index (χ1v) is 10.2. The van der Waals surface area contributed by atoms with E-state index in [2.05, 4.69) is 26.6 Å². The normalized spacial score (nSPS) is 18.1. The van der Waals surface area contributed by atoms with Crippen molar-refractivity contribution in [3.05, 3.63) is 74.9 Å². The monoisotopic (exact) mass is 469 g/mol. The fourth-order valence-corrected chi connectivity index (χ4v) is 3.80. The summed E-state index contributed by atoms with van der Waals surface area (Å²) in [4.78, 5) is 39.1. The second kappa shape index (κ2) is 7.95. The molecule has 2 N–H and O–H groups in total. The molecule has 0 saturated heterocycles. The summed E-state index contributed by atoms with van der Waals surface area (Å²) in [6.45, 7) is 3.62. The maximum Gasteiger partial charge on any atom is 0.338 e. The third kappa shape index (κ3) is 3.82. The number of hydrogen-bond donors (Lipinski definition) is 2. The van der Waals surface area contributed by atoms with Crippen LogP contribution in [0.4, 0.5) is 10.5 Å². The molecule has 0 aliphatic carbocycles. The summed E-state index contributed by atoms with van der Waals surface area (Å²) in [6.07, 6.45) is 0. The van der Waals surface area contributed by atoms with Crippen LogP contribution < -0.4 is 10.6 Å². The predicted molar refractivity (Wildman–Crippen MR) is 115 cm³/mol. The van der Waals surface area contributed by atoms with E-state index < -0.39 is 18.0 Å². The van der Waals surface area contributed by atoms with E-state index in [0.717, 1.165) is 21.2 Å². The first-order valence-electron chi connectivity index (χ1n) is 9.44. The average molecular weight is 470 g/mol. The molecule has 154 valence electrons. The van der Waals surface area contributed by atoms with Crippen molar-refractivity contribution in [2.24, 2.45) is 0 Å². The van der Waals surface area contributed by atoms with Gasteiger partial charge in [0.15, 0.2) is 0 Å². The van der Waals surface area contributed by atoms with Crippen LogP contribution in [0, 0.1) is 13.8 Å². The zero-order valence-corrected chi connectivity index (χ0v) is 18.1. The van der Waals surface area contributed by atoms with Gasteiger partial charge in [-0.25, -0.2) is 9.59 Å². The van der Waals surface area contributed by atoms with Gasteiger partial charge >= 0.3 is 12.0 Å². The van der Waals surface area contributed by atoms with Crippen molar-refractivity contribution >= 4 is 39.5 Å². The van der Waals surface area contributed by atoms with Gasteiger partial charge in [0.25, 0.3) is 0 Å². The lowest BCUT2D eigenvalue weighted by molar-refractivity contribution is -0.136. The van der Waals surface area contributed by atoms with Gasteiger partial charge in [0, 0.05) is 10.2 Å². The minimum atomic E-state index is -0.600. The molecule has 3 amide bonds. The Morgan fingerprint density at radius 2 is 1.93 bits per heavy atom. The molecular weight excluding hydrogens is 450 g/mol. The van der Waals surface area contributed by atoms with Crippen LogP contribution in [-0.4, -0.2) is 36.0 Å². The molecule has 0 fully saturated rings. The van der Waals surface area contributed by atoms with Gasteiger partial charge in [0.05, 0.1) is 17.3 Å². The Morgan fingerprint density at radius 1 is 1.20 bits per heavy atom. The molecule has 1 atom stereocenters. The fourth-order valence-electron chi connectivity index (χ4n) is 3.55. The molecule has 4 rings (SSSR count). The molecular formula is C22H20BrN3O4. The molecule has 30 heavy (non-hydrogen) atoms. The van der Waals surface area contributed by atoms with Gasteiger partial charge in [0.1, 0.15) is 13.2 Å². The molecule has 0 spiro atoms. The largest absolute Gasteiger partial charge is 0.456 e. The number of cyclic esters (lactones) is 1. The number of anilines is 1. The van der Waals surface area contributed by atoms with Crippen LogP contribution in [0.5, 0.6) is 0 Å². The zero-order chi connectivity index (χ0) is 21.4.